The zero-order valence-electron chi connectivity index (χ0n) is 13.8. The Labute approximate surface area is 125 Å². The molecule has 7 nitrogen and oxygen atoms in total. The fourth-order valence-electron chi connectivity index (χ4n) is 1.51. The lowest BCUT2D eigenvalue weighted by Gasteiger charge is -2.26. The zero-order chi connectivity index (χ0) is 16.8. The van der Waals surface area contributed by atoms with Crippen molar-refractivity contribution in [2.45, 2.75) is 59.2 Å². The van der Waals surface area contributed by atoms with Crippen LogP contribution in [0, 0.1) is 5.92 Å². The van der Waals surface area contributed by atoms with Crippen LogP contribution in [0.2, 0.25) is 0 Å². The number of carbonyl (C=O) groups is 3. The van der Waals surface area contributed by atoms with Crippen LogP contribution in [-0.4, -0.2) is 42.8 Å². The normalized spacial score (nSPS) is 14.1. The highest BCUT2D eigenvalue weighted by Crippen LogP contribution is 2.09. The predicted molar refractivity (Wildman–Crippen MR) is 77.6 cm³/mol. The Morgan fingerprint density at radius 2 is 1.52 bits per heavy atom. The fourth-order valence-corrected chi connectivity index (χ4v) is 1.51. The molecular formula is C14H26N2O5. The minimum atomic E-state index is -0.799. The molecule has 0 unspecified atom stereocenters. The first-order valence-corrected chi connectivity index (χ1v) is 6.85. The van der Waals surface area contributed by atoms with E-state index in [-0.39, 0.29) is 5.92 Å². The number of hydrogen-bond acceptors (Lipinski definition) is 5. The van der Waals surface area contributed by atoms with Crippen LogP contribution < -0.4 is 10.6 Å². The lowest BCUT2D eigenvalue weighted by molar-refractivity contribution is -0.144. The standard InChI is InChI=1S/C14H26N2O5/c1-8(2)10(16-13(19)21-14(4,5)6)11(17)15-9(3)12(18)20-7/h8-10H,1-7H3,(H,15,17)(H,16,19)/t9-,10+/m0/s1. The van der Waals surface area contributed by atoms with E-state index in [1.807, 2.05) is 0 Å². The Morgan fingerprint density at radius 3 is 1.90 bits per heavy atom. The fraction of sp³-hybridized carbons (Fsp3) is 0.786. The van der Waals surface area contributed by atoms with Crippen LogP contribution in [0.1, 0.15) is 41.5 Å². The van der Waals surface area contributed by atoms with Gasteiger partial charge in [-0.05, 0) is 33.6 Å². The maximum Gasteiger partial charge on any atom is 0.408 e. The summed E-state index contributed by atoms with van der Waals surface area (Å²) in [4.78, 5) is 35.2. The van der Waals surface area contributed by atoms with Gasteiger partial charge in [-0.15, -0.1) is 0 Å². The summed E-state index contributed by atoms with van der Waals surface area (Å²) in [5.74, 6) is -1.18. The van der Waals surface area contributed by atoms with Gasteiger partial charge in [-0.25, -0.2) is 9.59 Å². The van der Waals surface area contributed by atoms with Gasteiger partial charge < -0.3 is 20.1 Å². The van der Waals surface area contributed by atoms with Crippen molar-refractivity contribution in [2.75, 3.05) is 7.11 Å². The van der Waals surface area contributed by atoms with E-state index in [9.17, 15) is 14.4 Å². The highest BCUT2D eigenvalue weighted by molar-refractivity contribution is 5.89. The minimum Gasteiger partial charge on any atom is -0.467 e. The molecule has 2 amide bonds. The van der Waals surface area contributed by atoms with E-state index in [0.717, 1.165) is 0 Å². The van der Waals surface area contributed by atoms with E-state index in [0.29, 0.717) is 0 Å². The van der Waals surface area contributed by atoms with E-state index in [1.54, 1.807) is 34.6 Å². The third-order valence-corrected chi connectivity index (χ3v) is 2.53. The van der Waals surface area contributed by atoms with Crippen LogP contribution in [-0.2, 0) is 19.1 Å². The Hall–Kier alpha value is -1.79. The van der Waals surface area contributed by atoms with Crippen LogP contribution in [0.15, 0.2) is 0 Å². The SMILES string of the molecule is COC(=O)[C@H](C)NC(=O)[C@H](NC(=O)OC(C)(C)C)C(C)C. The number of rotatable bonds is 5. The summed E-state index contributed by atoms with van der Waals surface area (Å²) in [6.07, 6.45) is -0.679. The molecule has 0 fully saturated rings. The number of carbonyl (C=O) groups excluding carboxylic acids is 3. The van der Waals surface area contributed by atoms with Gasteiger partial charge in [0.1, 0.15) is 17.7 Å². The second-order valence-electron chi connectivity index (χ2n) is 6.12. The van der Waals surface area contributed by atoms with Gasteiger partial charge in [-0.2, -0.15) is 0 Å². The number of ether oxygens (including phenoxy) is 2. The first kappa shape index (κ1) is 19.2. The number of hydrogen-bond donors (Lipinski definition) is 2. The summed E-state index contributed by atoms with van der Waals surface area (Å²) in [6, 6.07) is -1.59. The molecule has 0 radical (unpaired) electrons. The van der Waals surface area contributed by atoms with Crippen molar-refractivity contribution >= 4 is 18.0 Å². The molecule has 0 aromatic carbocycles. The Balaban J connectivity index is 4.72. The quantitative estimate of drug-likeness (QED) is 0.745. The van der Waals surface area contributed by atoms with Crippen LogP contribution in [0.5, 0.6) is 0 Å². The topological polar surface area (TPSA) is 93.7 Å². The van der Waals surface area contributed by atoms with Crippen LogP contribution >= 0.6 is 0 Å². The van der Waals surface area contributed by atoms with Gasteiger partial charge in [-0.1, -0.05) is 13.8 Å². The van der Waals surface area contributed by atoms with Gasteiger partial charge in [0.15, 0.2) is 0 Å². The third kappa shape index (κ3) is 7.53. The van der Waals surface area contributed by atoms with E-state index < -0.39 is 35.7 Å². The summed E-state index contributed by atoms with van der Waals surface area (Å²) in [7, 11) is 1.24. The molecule has 122 valence electrons. The minimum absolute atomic E-state index is 0.164. The van der Waals surface area contributed by atoms with Crippen LogP contribution in [0.4, 0.5) is 4.79 Å². The van der Waals surface area contributed by atoms with Gasteiger partial charge in [0.05, 0.1) is 7.11 Å². The largest absolute Gasteiger partial charge is 0.467 e. The molecule has 2 atom stereocenters. The molecule has 0 aromatic heterocycles. The second kappa shape index (κ2) is 7.85. The molecule has 0 rings (SSSR count). The van der Waals surface area contributed by atoms with Gasteiger partial charge >= 0.3 is 12.1 Å². The molecule has 0 aliphatic rings. The first-order chi connectivity index (χ1) is 9.47. The van der Waals surface area contributed by atoms with Gasteiger partial charge in [0.25, 0.3) is 0 Å². The summed E-state index contributed by atoms with van der Waals surface area (Å²) < 4.78 is 9.65. The number of esters is 1. The van der Waals surface area contributed by atoms with Crippen molar-refractivity contribution in [2.24, 2.45) is 5.92 Å². The second-order valence-corrected chi connectivity index (χ2v) is 6.12. The molecule has 0 heterocycles. The monoisotopic (exact) mass is 302 g/mol. The van der Waals surface area contributed by atoms with Gasteiger partial charge in [-0.3, -0.25) is 4.79 Å². The summed E-state index contributed by atoms with van der Waals surface area (Å²) >= 11 is 0. The van der Waals surface area contributed by atoms with Crippen LogP contribution in [0.25, 0.3) is 0 Å². The third-order valence-electron chi connectivity index (χ3n) is 2.53. The molecule has 0 aromatic rings. The number of nitrogens with one attached hydrogen (secondary N) is 2. The molecule has 2 N–H and O–H groups in total. The molecule has 21 heavy (non-hydrogen) atoms. The van der Waals surface area contributed by atoms with Gasteiger partial charge in [0.2, 0.25) is 5.91 Å². The molecule has 0 saturated heterocycles. The van der Waals surface area contributed by atoms with E-state index in [1.165, 1.54) is 14.0 Å². The Morgan fingerprint density at radius 1 is 1.00 bits per heavy atom. The van der Waals surface area contributed by atoms with Crippen molar-refractivity contribution in [3.05, 3.63) is 0 Å². The summed E-state index contributed by atoms with van der Waals surface area (Å²) in [5.41, 5.74) is -0.651. The van der Waals surface area contributed by atoms with E-state index in [4.69, 9.17) is 4.74 Å². The average Bonchev–Trinajstić information content (AvgIpc) is 2.31. The highest BCUT2D eigenvalue weighted by Gasteiger charge is 2.28. The average molecular weight is 302 g/mol. The van der Waals surface area contributed by atoms with Crippen molar-refractivity contribution in [3.8, 4) is 0 Å². The van der Waals surface area contributed by atoms with Crippen molar-refractivity contribution in [3.63, 3.8) is 0 Å². The van der Waals surface area contributed by atoms with Crippen molar-refractivity contribution in [1.29, 1.82) is 0 Å². The Bertz CT molecular complexity index is 387. The molecule has 0 spiro atoms. The number of methoxy groups -OCH3 is 1. The predicted octanol–water partition coefficient (Wildman–Crippen LogP) is 1.21. The molecule has 0 aliphatic heterocycles. The summed E-state index contributed by atoms with van der Waals surface area (Å²) in [5, 5.41) is 5.01. The lowest BCUT2D eigenvalue weighted by Crippen LogP contribution is -2.53. The van der Waals surface area contributed by atoms with E-state index in [2.05, 4.69) is 15.4 Å². The number of amides is 2. The van der Waals surface area contributed by atoms with Crippen molar-refractivity contribution in [1.82, 2.24) is 10.6 Å². The molecule has 0 bridgehead atoms. The highest BCUT2D eigenvalue weighted by atomic mass is 16.6. The zero-order valence-corrected chi connectivity index (χ0v) is 13.8. The summed E-state index contributed by atoms with van der Waals surface area (Å²) in [6.45, 7) is 10.3. The van der Waals surface area contributed by atoms with E-state index >= 15 is 0 Å². The maximum absolute atomic E-state index is 12.1. The number of alkyl carbamates (subject to hydrolysis) is 1. The molecular weight excluding hydrogens is 276 g/mol. The smallest absolute Gasteiger partial charge is 0.408 e. The first-order valence-electron chi connectivity index (χ1n) is 6.85. The lowest BCUT2D eigenvalue weighted by atomic mass is 10.0. The Kier molecular flexibility index (Phi) is 7.18. The molecule has 7 heteroatoms. The molecule has 0 aliphatic carbocycles. The maximum atomic E-state index is 12.1. The van der Waals surface area contributed by atoms with Gasteiger partial charge in [0, 0.05) is 0 Å². The molecule has 0 saturated carbocycles. The van der Waals surface area contributed by atoms with Crippen LogP contribution in [0.3, 0.4) is 0 Å². The van der Waals surface area contributed by atoms with Crippen molar-refractivity contribution < 1.29 is 23.9 Å².